The number of aromatic amines is 1. The van der Waals surface area contributed by atoms with Crippen molar-refractivity contribution >= 4 is 32.6 Å². The van der Waals surface area contributed by atoms with Gasteiger partial charge in [-0.15, -0.1) is 0 Å². The molecule has 32 heavy (non-hydrogen) atoms. The number of nitrogens with one attached hydrogen (secondary N) is 4. The first-order chi connectivity index (χ1) is 15.3. The average molecular weight is 459 g/mol. The van der Waals surface area contributed by atoms with Crippen LogP contribution in [0.4, 0.5) is 0 Å². The maximum atomic E-state index is 12.3. The molecule has 0 aliphatic heterocycles. The van der Waals surface area contributed by atoms with Crippen LogP contribution in [0.15, 0.2) is 58.2 Å². The number of fused-ring (bicyclic) bond motifs is 1. The topological polar surface area (TPSA) is 159 Å². The molecule has 0 fully saturated rings. The van der Waals surface area contributed by atoms with E-state index in [1.165, 1.54) is 24.3 Å². The summed E-state index contributed by atoms with van der Waals surface area (Å²) in [6, 6.07) is 12.3. The van der Waals surface area contributed by atoms with E-state index in [0.29, 0.717) is 17.7 Å². The summed E-state index contributed by atoms with van der Waals surface area (Å²) >= 11 is 0. The molecule has 0 unspecified atom stereocenters. The second kappa shape index (κ2) is 10.0. The Morgan fingerprint density at radius 1 is 1.03 bits per heavy atom. The van der Waals surface area contributed by atoms with Gasteiger partial charge in [0.1, 0.15) is 5.75 Å². The van der Waals surface area contributed by atoms with Crippen molar-refractivity contribution in [3.8, 4) is 5.75 Å². The van der Waals surface area contributed by atoms with Gasteiger partial charge in [0.2, 0.25) is 15.9 Å². The molecular formula is C20H21N5O6S. The number of hydrazine groups is 1. The third-order valence-electron chi connectivity index (χ3n) is 4.32. The number of carbonyl (C=O) groups is 2. The minimum Gasteiger partial charge on any atom is -0.494 e. The van der Waals surface area contributed by atoms with Crippen molar-refractivity contribution in [2.24, 2.45) is 0 Å². The van der Waals surface area contributed by atoms with E-state index in [4.69, 9.17) is 4.74 Å². The first kappa shape index (κ1) is 22.9. The molecule has 3 rings (SSSR count). The Bertz CT molecular complexity index is 1290. The predicted molar refractivity (Wildman–Crippen MR) is 115 cm³/mol. The van der Waals surface area contributed by atoms with Gasteiger partial charge in [-0.25, -0.2) is 18.2 Å². The fourth-order valence-corrected chi connectivity index (χ4v) is 3.83. The van der Waals surface area contributed by atoms with Crippen LogP contribution in [0, 0.1) is 0 Å². The lowest BCUT2D eigenvalue weighted by Gasteiger charge is -2.10. The van der Waals surface area contributed by atoms with E-state index in [1.807, 2.05) is 6.92 Å². The number of sulfonamides is 1. The number of rotatable bonds is 8. The molecule has 0 aliphatic carbocycles. The third-order valence-corrected chi connectivity index (χ3v) is 5.79. The molecule has 0 spiro atoms. The zero-order valence-corrected chi connectivity index (χ0v) is 17.9. The monoisotopic (exact) mass is 459 g/mol. The summed E-state index contributed by atoms with van der Waals surface area (Å²) in [7, 11) is -3.81. The van der Waals surface area contributed by atoms with Crippen LogP contribution in [0.2, 0.25) is 0 Å². The Morgan fingerprint density at radius 2 is 1.72 bits per heavy atom. The van der Waals surface area contributed by atoms with Crippen LogP contribution in [0.25, 0.3) is 10.8 Å². The highest BCUT2D eigenvalue weighted by Gasteiger charge is 2.16. The highest BCUT2D eigenvalue weighted by Crippen LogP contribution is 2.16. The average Bonchev–Trinajstić information content (AvgIpc) is 2.78. The van der Waals surface area contributed by atoms with Crippen LogP contribution >= 0.6 is 0 Å². The van der Waals surface area contributed by atoms with E-state index in [0.717, 1.165) is 0 Å². The van der Waals surface area contributed by atoms with Crippen LogP contribution in [0.3, 0.4) is 0 Å². The number of hydrogen-bond donors (Lipinski definition) is 4. The second-order valence-corrected chi connectivity index (χ2v) is 8.27. The Hall–Kier alpha value is -3.77. The van der Waals surface area contributed by atoms with Crippen molar-refractivity contribution in [2.45, 2.75) is 18.2 Å². The summed E-state index contributed by atoms with van der Waals surface area (Å²) < 4.78 is 32.2. The minimum absolute atomic E-state index is 0.0330. The fraction of sp³-hybridized carbons (Fsp3) is 0.200. The Morgan fingerprint density at radius 3 is 2.41 bits per heavy atom. The van der Waals surface area contributed by atoms with Gasteiger partial charge in [-0.1, -0.05) is 18.2 Å². The zero-order chi connectivity index (χ0) is 23.1. The van der Waals surface area contributed by atoms with E-state index in [1.54, 1.807) is 24.3 Å². The number of benzene rings is 2. The first-order valence-corrected chi connectivity index (χ1v) is 11.1. The van der Waals surface area contributed by atoms with Gasteiger partial charge in [-0.2, -0.15) is 5.10 Å². The molecule has 1 aromatic heterocycles. The SMILES string of the molecule is CCOc1ccc(S(=O)(=O)NCCC(=O)NNC(=O)c2n[nH]c(=O)c3ccccc23)cc1. The number of aromatic nitrogens is 2. The number of H-pyrrole nitrogens is 1. The first-order valence-electron chi connectivity index (χ1n) is 9.61. The van der Waals surface area contributed by atoms with E-state index in [-0.39, 0.29) is 28.9 Å². The van der Waals surface area contributed by atoms with Crippen molar-refractivity contribution in [3.05, 3.63) is 64.6 Å². The molecule has 2 amide bonds. The molecule has 0 radical (unpaired) electrons. The molecule has 1 heterocycles. The van der Waals surface area contributed by atoms with Crippen LogP contribution in [-0.2, 0) is 14.8 Å². The Labute approximate surface area is 183 Å². The van der Waals surface area contributed by atoms with E-state index < -0.39 is 27.4 Å². The van der Waals surface area contributed by atoms with Crippen molar-refractivity contribution < 1.29 is 22.7 Å². The normalized spacial score (nSPS) is 11.2. The molecule has 4 N–H and O–H groups in total. The quantitative estimate of drug-likeness (QED) is 0.356. The summed E-state index contributed by atoms with van der Waals surface area (Å²) in [4.78, 5) is 36.1. The molecule has 12 heteroatoms. The maximum absolute atomic E-state index is 12.3. The summed E-state index contributed by atoms with van der Waals surface area (Å²) in [6.07, 6.45) is -0.226. The van der Waals surface area contributed by atoms with Gasteiger partial charge < -0.3 is 4.74 Å². The van der Waals surface area contributed by atoms with Crippen LogP contribution in [0.5, 0.6) is 5.75 Å². The molecule has 2 aromatic carbocycles. The molecule has 0 saturated carbocycles. The summed E-state index contributed by atoms with van der Waals surface area (Å²) in [5.41, 5.74) is 3.86. The van der Waals surface area contributed by atoms with Crippen LogP contribution in [0.1, 0.15) is 23.8 Å². The highest BCUT2D eigenvalue weighted by atomic mass is 32.2. The van der Waals surface area contributed by atoms with Gasteiger partial charge in [0, 0.05) is 18.4 Å². The molecule has 3 aromatic rings. The summed E-state index contributed by atoms with van der Waals surface area (Å²) in [5, 5.41) is 6.56. The van der Waals surface area contributed by atoms with Gasteiger partial charge >= 0.3 is 0 Å². The fourth-order valence-electron chi connectivity index (χ4n) is 2.80. The van der Waals surface area contributed by atoms with Crippen molar-refractivity contribution in [2.75, 3.05) is 13.2 Å². The van der Waals surface area contributed by atoms with Gasteiger partial charge in [0.05, 0.1) is 16.9 Å². The van der Waals surface area contributed by atoms with Crippen LogP contribution < -0.4 is 25.9 Å². The molecule has 0 atom stereocenters. The number of nitrogens with zero attached hydrogens (tertiary/aromatic N) is 1. The van der Waals surface area contributed by atoms with E-state index in [9.17, 15) is 22.8 Å². The maximum Gasteiger partial charge on any atom is 0.290 e. The summed E-state index contributed by atoms with van der Waals surface area (Å²) in [6.45, 7) is 2.10. The molecule has 168 valence electrons. The predicted octanol–water partition coefficient (Wildman–Crippen LogP) is 0.451. The largest absolute Gasteiger partial charge is 0.494 e. The lowest BCUT2D eigenvalue weighted by Crippen LogP contribution is -2.43. The molecule has 0 bridgehead atoms. The van der Waals surface area contributed by atoms with Crippen molar-refractivity contribution in [1.29, 1.82) is 0 Å². The zero-order valence-electron chi connectivity index (χ0n) is 17.0. The minimum atomic E-state index is -3.81. The molecular weight excluding hydrogens is 438 g/mol. The Kier molecular flexibility index (Phi) is 7.18. The number of hydrogen-bond acceptors (Lipinski definition) is 7. The number of amides is 2. The standard InChI is InChI=1S/C20H21N5O6S/c1-2-31-13-7-9-14(10-8-13)32(29,30)21-12-11-17(26)22-25-20(28)18-15-5-3-4-6-16(15)19(27)24-23-18/h3-10,21H,2,11-12H2,1H3,(H,22,26)(H,24,27)(H,25,28). The lowest BCUT2D eigenvalue weighted by atomic mass is 10.1. The number of carbonyl (C=O) groups excluding carboxylic acids is 2. The van der Waals surface area contributed by atoms with E-state index >= 15 is 0 Å². The van der Waals surface area contributed by atoms with Crippen molar-refractivity contribution in [1.82, 2.24) is 25.8 Å². The third kappa shape index (κ3) is 5.47. The summed E-state index contributed by atoms with van der Waals surface area (Å²) in [5.74, 6) is -0.812. The van der Waals surface area contributed by atoms with E-state index in [2.05, 4.69) is 25.8 Å². The van der Waals surface area contributed by atoms with Gasteiger partial charge in [0.25, 0.3) is 11.5 Å². The van der Waals surface area contributed by atoms with Gasteiger partial charge in [-0.3, -0.25) is 25.2 Å². The second-order valence-electron chi connectivity index (χ2n) is 6.50. The Balaban J connectivity index is 1.52. The van der Waals surface area contributed by atoms with Crippen molar-refractivity contribution in [3.63, 3.8) is 0 Å². The number of ether oxygens (including phenoxy) is 1. The highest BCUT2D eigenvalue weighted by molar-refractivity contribution is 7.89. The molecule has 11 nitrogen and oxygen atoms in total. The van der Waals surface area contributed by atoms with Crippen LogP contribution in [-0.4, -0.2) is 43.6 Å². The molecule has 0 saturated heterocycles. The lowest BCUT2D eigenvalue weighted by molar-refractivity contribution is -0.121. The van der Waals surface area contributed by atoms with Gasteiger partial charge in [-0.05, 0) is 37.3 Å². The smallest absolute Gasteiger partial charge is 0.290 e. The molecule has 0 aliphatic rings. The van der Waals surface area contributed by atoms with Gasteiger partial charge in [0.15, 0.2) is 5.69 Å².